The molecular formula is C24H26N4O6S. The minimum atomic E-state index is -3.82. The maximum absolute atomic E-state index is 12.9. The summed E-state index contributed by atoms with van der Waals surface area (Å²) < 4.78 is 36.3. The Labute approximate surface area is 203 Å². The number of amides is 2. The van der Waals surface area contributed by atoms with Gasteiger partial charge in [-0.2, -0.15) is 0 Å². The first-order valence-corrected chi connectivity index (χ1v) is 12.3. The predicted octanol–water partition coefficient (Wildman–Crippen LogP) is 2.43. The van der Waals surface area contributed by atoms with Gasteiger partial charge in [-0.15, -0.1) is 0 Å². The lowest BCUT2D eigenvalue weighted by Gasteiger charge is -2.23. The van der Waals surface area contributed by atoms with Crippen molar-refractivity contribution in [3.63, 3.8) is 0 Å². The van der Waals surface area contributed by atoms with E-state index in [1.807, 2.05) is 6.07 Å². The van der Waals surface area contributed by atoms with Crippen LogP contribution in [0.25, 0.3) is 0 Å². The van der Waals surface area contributed by atoms with Crippen molar-refractivity contribution < 1.29 is 27.5 Å². The third-order valence-electron chi connectivity index (χ3n) is 4.96. The highest BCUT2D eigenvalue weighted by Gasteiger charge is 2.23. The van der Waals surface area contributed by atoms with Gasteiger partial charge >= 0.3 is 0 Å². The molecule has 3 rings (SSSR count). The van der Waals surface area contributed by atoms with Crippen molar-refractivity contribution in [1.82, 2.24) is 10.3 Å². The Kier molecular flexibility index (Phi) is 8.26. The zero-order valence-corrected chi connectivity index (χ0v) is 20.3. The van der Waals surface area contributed by atoms with Crippen LogP contribution in [0.4, 0.5) is 11.4 Å². The lowest BCUT2D eigenvalue weighted by atomic mass is 10.1. The summed E-state index contributed by atoms with van der Waals surface area (Å²) in [6, 6.07) is 14.6. The fraction of sp³-hybridized carbons (Fsp3) is 0.208. The van der Waals surface area contributed by atoms with E-state index in [2.05, 4.69) is 15.6 Å². The summed E-state index contributed by atoms with van der Waals surface area (Å²) in [5.74, 6) is -0.294. The average Bonchev–Trinajstić information content (AvgIpc) is 2.85. The number of ether oxygens (including phenoxy) is 2. The molecule has 0 unspecified atom stereocenters. The summed E-state index contributed by atoms with van der Waals surface area (Å²) in [4.78, 5) is 29.6. The standard InChI is InChI=1S/C24H26N4O6S/c1-33-21-11-10-18(13-22(21)34-2)28(35(3,31)32)16-23(29)27-20-9-5-4-8-19(20)24(30)26-15-17-7-6-12-25-14-17/h4-14H,15-16H2,1-3H3,(H,26,30)(H,27,29). The van der Waals surface area contributed by atoms with Gasteiger partial charge in [-0.05, 0) is 35.9 Å². The number of nitrogens with zero attached hydrogens (tertiary/aromatic N) is 2. The molecule has 2 amide bonds. The van der Waals surface area contributed by atoms with E-state index < -0.39 is 28.4 Å². The molecule has 3 aromatic rings. The number of para-hydroxylation sites is 1. The van der Waals surface area contributed by atoms with Crippen LogP contribution in [0.2, 0.25) is 0 Å². The monoisotopic (exact) mass is 498 g/mol. The Bertz CT molecular complexity index is 1300. The number of carbonyl (C=O) groups is 2. The number of anilines is 2. The molecule has 1 heterocycles. The van der Waals surface area contributed by atoms with Gasteiger partial charge in [0.15, 0.2) is 11.5 Å². The summed E-state index contributed by atoms with van der Waals surface area (Å²) in [6.45, 7) is -0.254. The van der Waals surface area contributed by atoms with Crippen LogP contribution in [0.3, 0.4) is 0 Å². The van der Waals surface area contributed by atoms with Gasteiger partial charge in [0.2, 0.25) is 15.9 Å². The van der Waals surface area contributed by atoms with Crippen molar-refractivity contribution in [3.05, 3.63) is 78.1 Å². The maximum atomic E-state index is 12.9. The highest BCUT2D eigenvalue weighted by molar-refractivity contribution is 7.92. The largest absolute Gasteiger partial charge is 0.493 e. The summed E-state index contributed by atoms with van der Waals surface area (Å²) in [5, 5.41) is 5.42. The van der Waals surface area contributed by atoms with E-state index in [1.54, 1.807) is 48.8 Å². The quantitative estimate of drug-likeness (QED) is 0.440. The molecule has 184 valence electrons. The van der Waals surface area contributed by atoms with Crippen LogP contribution < -0.4 is 24.4 Å². The van der Waals surface area contributed by atoms with Crippen LogP contribution in [-0.4, -0.2) is 52.2 Å². The van der Waals surface area contributed by atoms with Crippen molar-refractivity contribution in [1.29, 1.82) is 0 Å². The molecule has 0 aliphatic carbocycles. The van der Waals surface area contributed by atoms with E-state index >= 15 is 0 Å². The van der Waals surface area contributed by atoms with Crippen LogP contribution in [0, 0.1) is 0 Å². The Hall–Kier alpha value is -4.12. The number of hydrogen-bond acceptors (Lipinski definition) is 7. The Morgan fingerprint density at radius 1 is 1.00 bits per heavy atom. The molecule has 0 aliphatic rings. The van der Waals surface area contributed by atoms with Gasteiger partial charge in [0, 0.05) is 25.0 Å². The minimum Gasteiger partial charge on any atom is -0.493 e. The summed E-state index contributed by atoms with van der Waals surface area (Å²) >= 11 is 0. The number of rotatable bonds is 10. The van der Waals surface area contributed by atoms with Gasteiger partial charge in [-0.25, -0.2) is 8.42 Å². The molecule has 1 aromatic heterocycles. The fourth-order valence-corrected chi connectivity index (χ4v) is 4.12. The molecule has 11 heteroatoms. The van der Waals surface area contributed by atoms with Crippen LogP contribution in [0.15, 0.2) is 67.0 Å². The van der Waals surface area contributed by atoms with E-state index in [0.29, 0.717) is 11.5 Å². The molecule has 2 aromatic carbocycles. The normalized spacial score (nSPS) is 10.8. The molecule has 0 fully saturated rings. The average molecular weight is 499 g/mol. The molecule has 10 nitrogen and oxygen atoms in total. The van der Waals surface area contributed by atoms with Crippen molar-refractivity contribution in [2.24, 2.45) is 0 Å². The lowest BCUT2D eigenvalue weighted by molar-refractivity contribution is -0.114. The second kappa shape index (κ2) is 11.3. The van der Waals surface area contributed by atoms with E-state index in [9.17, 15) is 18.0 Å². The second-order valence-corrected chi connectivity index (χ2v) is 9.35. The number of carbonyl (C=O) groups excluding carboxylic acids is 2. The molecule has 0 saturated carbocycles. The zero-order valence-electron chi connectivity index (χ0n) is 19.5. The minimum absolute atomic E-state index is 0.225. The van der Waals surface area contributed by atoms with E-state index in [0.717, 1.165) is 16.1 Å². The first-order chi connectivity index (χ1) is 16.7. The van der Waals surface area contributed by atoms with Crippen molar-refractivity contribution in [3.8, 4) is 11.5 Å². The molecule has 2 N–H and O–H groups in total. The van der Waals surface area contributed by atoms with Gasteiger partial charge < -0.3 is 20.1 Å². The maximum Gasteiger partial charge on any atom is 0.253 e. The number of benzene rings is 2. The Balaban J connectivity index is 1.77. The molecule has 35 heavy (non-hydrogen) atoms. The first kappa shape index (κ1) is 25.5. The lowest BCUT2D eigenvalue weighted by Crippen LogP contribution is -2.37. The Morgan fingerprint density at radius 3 is 2.40 bits per heavy atom. The Morgan fingerprint density at radius 2 is 1.74 bits per heavy atom. The topological polar surface area (TPSA) is 127 Å². The van der Waals surface area contributed by atoms with Gasteiger partial charge in [0.1, 0.15) is 6.54 Å². The number of methoxy groups -OCH3 is 2. The molecular weight excluding hydrogens is 472 g/mol. The van der Waals surface area contributed by atoms with Gasteiger partial charge in [-0.3, -0.25) is 18.9 Å². The third-order valence-corrected chi connectivity index (χ3v) is 6.10. The number of aromatic nitrogens is 1. The summed E-state index contributed by atoms with van der Waals surface area (Å²) in [7, 11) is -0.937. The van der Waals surface area contributed by atoms with Gasteiger partial charge in [0.05, 0.1) is 37.4 Å². The number of pyridine rings is 1. The molecule has 0 spiro atoms. The fourth-order valence-electron chi connectivity index (χ4n) is 3.27. The van der Waals surface area contributed by atoms with Gasteiger partial charge in [-0.1, -0.05) is 18.2 Å². The number of nitrogens with one attached hydrogen (secondary N) is 2. The SMILES string of the molecule is COc1ccc(N(CC(=O)Nc2ccccc2C(=O)NCc2cccnc2)S(C)(=O)=O)cc1OC. The second-order valence-electron chi connectivity index (χ2n) is 7.45. The first-order valence-electron chi connectivity index (χ1n) is 10.5. The van der Waals surface area contributed by atoms with Crippen molar-refractivity contribution >= 4 is 33.2 Å². The molecule has 0 bridgehead atoms. The summed E-state index contributed by atoms with van der Waals surface area (Å²) in [5.41, 5.74) is 1.53. The van der Waals surface area contributed by atoms with Crippen molar-refractivity contribution in [2.45, 2.75) is 6.54 Å². The molecule has 0 radical (unpaired) electrons. The third kappa shape index (κ3) is 6.70. The molecule has 0 atom stereocenters. The molecule has 0 aliphatic heterocycles. The van der Waals surface area contributed by atoms with Crippen molar-refractivity contribution in [2.75, 3.05) is 36.6 Å². The predicted molar refractivity (Wildman–Crippen MR) is 132 cm³/mol. The number of sulfonamides is 1. The van der Waals surface area contributed by atoms with Crippen LogP contribution >= 0.6 is 0 Å². The van der Waals surface area contributed by atoms with E-state index in [-0.39, 0.29) is 23.5 Å². The van der Waals surface area contributed by atoms with E-state index in [1.165, 1.54) is 26.4 Å². The van der Waals surface area contributed by atoms with Crippen LogP contribution in [-0.2, 0) is 21.4 Å². The van der Waals surface area contributed by atoms with Crippen LogP contribution in [0.5, 0.6) is 11.5 Å². The van der Waals surface area contributed by atoms with Crippen LogP contribution in [0.1, 0.15) is 15.9 Å². The smallest absolute Gasteiger partial charge is 0.253 e. The van der Waals surface area contributed by atoms with Gasteiger partial charge in [0.25, 0.3) is 5.91 Å². The molecule has 0 saturated heterocycles. The highest BCUT2D eigenvalue weighted by Crippen LogP contribution is 2.32. The summed E-state index contributed by atoms with van der Waals surface area (Å²) in [6.07, 6.45) is 4.27. The van der Waals surface area contributed by atoms with E-state index in [4.69, 9.17) is 9.47 Å². The number of hydrogen-bond donors (Lipinski definition) is 2. The highest BCUT2D eigenvalue weighted by atomic mass is 32.2. The zero-order chi connectivity index (χ0) is 25.4.